The maximum Gasteiger partial charge on any atom is 0.166 e. The van der Waals surface area contributed by atoms with E-state index in [1.54, 1.807) is 0 Å². The summed E-state index contributed by atoms with van der Waals surface area (Å²) in [6.45, 7) is 6.55. The van der Waals surface area contributed by atoms with Gasteiger partial charge in [-0.05, 0) is 62.8 Å². The predicted molar refractivity (Wildman–Crippen MR) is 85.3 cm³/mol. The van der Waals surface area contributed by atoms with Gasteiger partial charge in [-0.2, -0.15) is 0 Å². The molecule has 0 aromatic carbocycles. The van der Waals surface area contributed by atoms with Gasteiger partial charge >= 0.3 is 0 Å². The van der Waals surface area contributed by atoms with E-state index in [2.05, 4.69) is 43.5 Å². The summed E-state index contributed by atoms with van der Waals surface area (Å²) < 4.78 is 0. The van der Waals surface area contributed by atoms with E-state index in [-0.39, 0.29) is 5.41 Å². The Balaban J connectivity index is 1.70. The van der Waals surface area contributed by atoms with Gasteiger partial charge in [0.15, 0.2) is 5.11 Å². The SMILES string of the molecule is CN(C)CC(C)(C)CNC(=S)N[C@@H]1C[C@H]2CC[C@@H]1C2. The molecule has 4 heteroatoms. The molecule has 2 N–H and O–H groups in total. The molecule has 0 heterocycles. The number of hydrogen-bond acceptors (Lipinski definition) is 2. The first-order valence-electron chi connectivity index (χ1n) is 7.55. The summed E-state index contributed by atoms with van der Waals surface area (Å²) in [7, 11) is 4.24. The molecule has 110 valence electrons. The van der Waals surface area contributed by atoms with Crippen molar-refractivity contribution in [1.29, 1.82) is 0 Å². The van der Waals surface area contributed by atoms with Crippen LogP contribution < -0.4 is 10.6 Å². The highest BCUT2D eigenvalue weighted by Gasteiger charge is 2.39. The van der Waals surface area contributed by atoms with Crippen LogP contribution in [0.25, 0.3) is 0 Å². The Labute approximate surface area is 123 Å². The molecular formula is C15H29N3S. The number of fused-ring (bicyclic) bond motifs is 2. The van der Waals surface area contributed by atoms with Gasteiger partial charge in [0.2, 0.25) is 0 Å². The molecule has 19 heavy (non-hydrogen) atoms. The molecule has 0 aromatic rings. The average molecular weight is 283 g/mol. The van der Waals surface area contributed by atoms with E-state index in [4.69, 9.17) is 12.2 Å². The number of nitrogens with zero attached hydrogens (tertiary/aromatic N) is 1. The lowest BCUT2D eigenvalue weighted by Gasteiger charge is -2.30. The first kappa shape index (κ1) is 15.0. The summed E-state index contributed by atoms with van der Waals surface area (Å²) in [5.41, 5.74) is 0.240. The molecule has 3 nitrogen and oxygen atoms in total. The average Bonchev–Trinajstić information content (AvgIpc) is 2.86. The molecule has 0 aliphatic heterocycles. The molecule has 2 aliphatic carbocycles. The van der Waals surface area contributed by atoms with Crippen molar-refractivity contribution in [3.8, 4) is 0 Å². The molecule has 3 atom stereocenters. The van der Waals surface area contributed by atoms with Crippen LogP contribution in [-0.4, -0.2) is 43.2 Å². The molecular weight excluding hydrogens is 254 g/mol. The second-order valence-corrected chi connectivity index (χ2v) is 7.92. The number of nitrogens with one attached hydrogen (secondary N) is 2. The number of hydrogen-bond donors (Lipinski definition) is 2. The molecule has 0 unspecified atom stereocenters. The highest BCUT2D eigenvalue weighted by Crippen LogP contribution is 2.44. The lowest BCUT2D eigenvalue weighted by molar-refractivity contribution is 0.241. The van der Waals surface area contributed by atoms with Gasteiger partial charge in [0.25, 0.3) is 0 Å². The van der Waals surface area contributed by atoms with Gasteiger partial charge in [-0.1, -0.05) is 20.3 Å². The van der Waals surface area contributed by atoms with Gasteiger partial charge in [0.05, 0.1) is 0 Å². The van der Waals surface area contributed by atoms with Crippen LogP contribution in [0, 0.1) is 17.3 Å². The van der Waals surface area contributed by atoms with Crippen molar-refractivity contribution in [2.45, 2.75) is 45.6 Å². The van der Waals surface area contributed by atoms with Gasteiger partial charge in [0.1, 0.15) is 0 Å². The van der Waals surface area contributed by atoms with Gasteiger partial charge in [0, 0.05) is 19.1 Å². The molecule has 2 fully saturated rings. The Bertz CT molecular complexity index is 327. The predicted octanol–water partition coefficient (Wildman–Crippen LogP) is 2.23. The maximum absolute atomic E-state index is 5.45. The van der Waals surface area contributed by atoms with E-state index in [1.165, 1.54) is 25.7 Å². The molecule has 0 aromatic heterocycles. The van der Waals surface area contributed by atoms with Crippen LogP contribution >= 0.6 is 12.2 Å². The lowest BCUT2D eigenvalue weighted by Crippen LogP contribution is -2.48. The molecule has 2 bridgehead atoms. The summed E-state index contributed by atoms with van der Waals surface area (Å²) >= 11 is 5.45. The van der Waals surface area contributed by atoms with E-state index < -0.39 is 0 Å². The number of rotatable bonds is 5. The fraction of sp³-hybridized carbons (Fsp3) is 0.933. The topological polar surface area (TPSA) is 27.3 Å². The van der Waals surface area contributed by atoms with Gasteiger partial charge in [-0.25, -0.2) is 0 Å². The van der Waals surface area contributed by atoms with Crippen LogP contribution in [0.4, 0.5) is 0 Å². The van der Waals surface area contributed by atoms with E-state index >= 15 is 0 Å². The summed E-state index contributed by atoms with van der Waals surface area (Å²) in [5.74, 6) is 1.84. The largest absolute Gasteiger partial charge is 0.362 e. The normalized spacial score (nSPS) is 29.8. The molecule has 0 spiro atoms. The number of thiocarbonyl (C=S) groups is 1. The first-order valence-corrected chi connectivity index (χ1v) is 7.96. The monoisotopic (exact) mass is 283 g/mol. The fourth-order valence-electron chi connectivity index (χ4n) is 3.87. The summed E-state index contributed by atoms with van der Waals surface area (Å²) in [6.07, 6.45) is 5.59. The molecule has 2 aliphatic rings. The van der Waals surface area contributed by atoms with E-state index in [9.17, 15) is 0 Å². The minimum absolute atomic E-state index is 0.240. The quantitative estimate of drug-likeness (QED) is 0.757. The summed E-state index contributed by atoms with van der Waals surface area (Å²) in [5, 5.41) is 7.80. The maximum atomic E-state index is 5.45. The zero-order valence-corrected chi connectivity index (χ0v) is 13.6. The van der Waals surface area contributed by atoms with Gasteiger partial charge in [-0.3, -0.25) is 0 Å². The van der Waals surface area contributed by atoms with E-state index in [0.717, 1.165) is 30.0 Å². The van der Waals surface area contributed by atoms with E-state index in [1.807, 2.05) is 0 Å². The van der Waals surface area contributed by atoms with Crippen molar-refractivity contribution < 1.29 is 0 Å². The van der Waals surface area contributed by atoms with Crippen molar-refractivity contribution in [2.75, 3.05) is 27.2 Å². The van der Waals surface area contributed by atoms with Crippen LogP contribution in [0.3, 0.4) is 0 Å². The molecule has 2 rings (SSSR count). The highest BCUT2D eigenvalue weighted by molar-refractivity contribution is 7.80. The van der Waals surface area contributed by atoms with Crippen LogP contribution in [0.2, 0.25) is 0 Å². The fourth-order valence-corrected chi connectivity index (χ4v) is 4.10. The third-order valence-corrected chi connectivity index (χ3v) is 4.79. The van der Waals surface area contributed by atoms with Crippen molar-refractivity contribution >= 4 is 17.3 Å². The smallest absolute Gasteiger partial charge is 0.166 e. The lowest BCUT2D eigenvalue weighted by atomic mass is 9.93. The minimum atomic E-state index is 0.240. The summed E-state index contributed by atoms with van der Waals surface area (Å²) in [4.78, 5) is 2.23. The Morgan fingerprint density at radius 3 is 2.53 bits per heavy atom. The van der Waals surface area contributed by atoms with Crippen LogP contribution in [0.5, 0.6) is 0 Å². The van der Waals surface area contributed by atoms with Crippen molar-refractivity contribution in [2.24, 2.45) is 17.3 Å². The Morgan fingerprint density at radius 1 is 1.26 bits per heavy atom. The second kappa shape index (κ2) is 5.96. The molecule has 2 saturated carbocycles. The third-order valence-electron chi connectivity index (χ3n) is 4.53. The van der Waals surface area contributed by atoms with Crippen LogP contribution in [0.15, 0.2) is 0 Å². The Hall–Kier alpha value is -0.350. The van der Waals surface area contributed by atoms with Crippen LogP contribution in [-0.2, 0) is 0 Å². The van der Waals surface area contributed by atoms with Crippen molar-refractivity contribution in [1.82, 2.24) is 15.5 Å². The Morgan fingerprint density at radius 2 is 2.00 bits per heavy atom. The Kier molecular flexibility index (Phi) is 4.72. The molecule has 0 radical (unpaired) electrons. The zero-order valence-electron chi connectivity index (χ0n) is 12.8. The second-order valence-electron chi connectivity index (χ2n) is 7.51. The molecule has 0 amide bonds. The van der Waals surface area contributed by atoms with Crippen molar-refractivity contribution in [3.63, 3.8) is 0 Å². The first-order chi connectivity index (χ1) is 8.85. The van der Waals surface area contributed by atoms with Crippen LogP contribution in [0.1, 0.15) is 39.5 Å². The highest BCUT2D eigenvalue weighted by atomic mass is 32.1. The standard InChI is InChI=1S/C15H29N3S/c1-15(2,10-18(3)4)9-16-14(19)17-13-8-11-5-6-12(13)7-11/h11-13H,5-10H2,1-4H3,(H2,16,17,19)/t11-,12+,13+/m0/s1. The van der Waals surface area contributed by atoms with Gasteiger partial charge in [-0.15, -0.1) is 0 Å². The van der Waals surface area contributed by atoms with Gasteiger partial charge < -0.3 is 15.5 Å². The van der Waals surface area contributed by atoms with Crippen molar-refractivity contribution in [3.05, 3.63) is 0 Å². The summed E-state index contributed by atoms with van der Waals surface area (Å²) in [6, 6.07) is 0.635. The molecule has 0 saturated heterocycles. The zero-order chi connectivity index (χ0) is 14.0. The van der Waals surface area contributed by atoms with E-state index in [0.29, 0.717) is 6.04 Å². The third kappa shape index (κ3) is 4.32. The minimum Gasteiger partial charge on any atom is -0.362 e.